The van der Waals surface area contributed by atoms with Gasteiger partial charge in [0.05, 0.1) is 32.7 Å². The summed E-state index contributed by atoms with van der Waals surface area (Å²) in [4.78, 5) is 19.3. The third kappa shape index (κ3) is 6.12. The molecule has 1 heterocycles. The van der Waals surface area contributed by atoms with Gasteiger partial charge in [0.1, 0.15) is 5.82 Å². The first-order valence-corrected chi connectivity index (χ1v) is 5.99. The summed E-state index contributed by atoms with van der Waals surface area (Å²) in [7, 11) is 2.94. The second kappa shape index (κ2) is 9.23. The van der Waals surface area contributed by atoms with E-state index in [-0.39, 0.29) is 5.69 Å². The number of methoxy groups -OCH3 is 2. The Morgan fingerprint density at radius 1 is 1.26 bits per heavy atom. The lowest BCUT2D eigenvalue weighted by molar-refractivity contribution is 0.0593. The van der Waals surface area contributed by atoms with Gasteiger partial charge in [-0.25, -0.2) is 9.78 Å². The summed E-state index contributed by atoms with van der Waals surface area (Å²) in [6, 6.07) is 0. The third-order valence-corrected chi connectivity index (χ3v) is 2.23. The minimum Gasteiger partial charge on any atom is -0.464 e. The SMILES string of the molecule is COCCOCCCNc1cncc(C(=O)OC)n1. The molecule has 7 heteroatoms. The zero-order valence-corrected chi connectivity index (χ0v) is 11.2. The van der Waals surface area contributed by atoms with Gasteiger partial charge in [0.15, 0.2) is 5.69 Å². The fourth-order valence-electron chi connectivity index (χ4n) is 1.29. The summed E-state index contributed by atoms with van der Waals surface area (Å²) in [6.07, 6.45) is 3.75. The summed E-state index contributed by atoms with van der Waals surface area (Å²) < 4.78 is 14.7. The van der Waals surface area contributed by atoms with Crippen LogP contribution in [0.5, 0.6) is 0 Å². The predicted molar refractivity (Wildman–Crippen MR) is 69.2 cm³/mol. The highest BCUT2D eigenvalue weighted by Gasteiger charge is 2.07. The molecule has 0 radical (unpaired) electrons. The number of nitrogens with zero attached hydrogens (tertiary/aromatic N) is 2. The van der Waals surface area contributed by atoms with Crippen LogP contribution >= 0.6 is 0 Å². The molecule has 0 fully saturated rings. The fraction of sp³-hybridized carbons (Fsp3) is 0.583. The van der Waals surface area contributed by atoms with Crippen LogP contribution in [0.25, 0.3) is 0 Å². The Morgan fingerprint density at radius 3 is 2.84 bits per heavy atom. The predicted octanol–water partition coefficient (Wildman–Crippen LogP) is 0.728. The molecule has 19 heavy (non-hydrogen) atoms. The van der Waals surface area contributed by atoms with Crippen molar-refractivity contribution in [3.05, 3.63) is 18.1 Å². The van der Waals surface area contributed by atoms with Crippen molar-refractivity contribution in [1.29, 1.82) is 0 Å². The molecule has 1 aromatic heterocycles. The Labute approximate surface area is 112 Å². The van der Waals surface area contributed by atoms with Crippen molar-refractivity contribution < 1.29 is 19.0 Å². The van der Waals surface area contributed by atoms with Crippen molar-refractivity contribution >= 4 is 11.8 Å². The van der Waals surface area contributed by atoms with E-state index in [1.165, 1.54) is 13.3 Å². The smallest absolute Gasteiger partial charge is 0.358 e. The summed E-state index contributed by atoms with van der Waals surface area (Å²) in [5.41, 5.74) is 0.184. The Bertz CT molecular complexity index is 387. The van der Waals surface area contributed by atoms with Crippen molar-refractivity contribution in [3.8, 4) is 0 Å². The number of esters is 1. The largest absolute Gasteiger partial charge is 0.464 e. The maximum atomic E-state index is 11.3. The topological polar surface area (TPSA) is 82.6 Å². The number of aromatic nitrogens is 2. The van der Waals surface area contributed by atoms with E-state index in [1.54, 1.807) is 13.3 Å². The minimum atomic E-state index is -0.501. The van der Waals surface area contributed by atoms with E-state index in [4.69, 9.17) is 9.47 Å². The van der Waals surface area contributed by atoms with Crippen LogP contribution in [0.3, 0.4) is 0 Å². The maximum Gasteiger partial charge on any atom is 0.358 e. The molecular formula is C12H19N3O4. The van der Waals surface area contributed by atoms with Gasteiger partial charge in [0, 0.05) is 20.3 Å². The van der Waals surface area contributed by atoms with Gasteiger partial charge in [-0.05, 0) is 6.42 Å². The molecule has 0 aliphatic heterocycles. The lowest BCUT2D eigenvalue weighted by Gasteiger charge is -2.06. The van der Waals surface area contributed by atoms with Gasteiger partial charge in [-0.2, -0.15) is 0 Å². The summed E-state index contributed by atoms with van der Waals surface area (Å²) >= 11 is 0. The highest BCUT2D eigenvalue weighted by atomic mass is 16.5. The van der Waals surface area contributed by atoms with Gasteiger partial charge < -0.3 is 19.5 Å². The first-order chi connectivity index (χ1) is 9.27. The Balaban J connectivity index is 2.24. The molecule has 1 aromatic rings. The number of ether oxygens (including phenoxy) is 3. The van der Waals surface area contributed by atoms with Gasteiger partial charge in [0.2, 0.25) is 0 Å². The van der Waals surface area contributed by atoms with Crippen LogP contribution in [0.2, 0.25) is 0 Å². The Morgan fingerprint density at radius 2 is 2.11 bits per heavy atom. The van der Waals surface area contributed by atoms with Crippen molar-refractivity contribution in [2.24, 2.45) is 0 Å². The number of hydrogen-bond acceptors (Lipinski definition) is 7. The van der Waals surface area contributed by atoms with Gasteiger partial charge in [-0.15, -0.1) is 0 Å². The molecule has 0 unspecified atom stereocenters. The third-order valence-electron chi connectivity index (χ3n) is 2.23. The highest BCUT2D eigenvalue weighted by Crippen LogP contribution is 2.03. The van der Waals surface area contributed by atoms with Crippen molar-refractivity contribution in [2.75, 3.05) is 45.9 Å². The molecule has 0 saturated carbocycles. The van der Waals surface area contributed by atoms with E-state index < -0.39 is 5.97 Å². The number of rotatable bonds is 9. The van der Waals surface area contributed by atoms with Crippen LogP contribution < -0.4 is 5.32 Å². The number of hydrogen-bond donors (Lipinski definition) is 1. The van der Waals surface area contributed by atoms with E-state index in [0.717, 1.165) is 6.42 Å². The van der Waals surface area contributed by atoms with Crippen molar-refractivity contribution in [2.45, 2.75) is 6.42 Å². The second-order valence-corrected chi connectivity index (χ2v) is 3.67. The standard InChI is InChI=1S/C12H19N3O4/c1-17-6-7-19-5-3-4-14-11-9-13-8-10(15-11)12(16)18-2/h8-9H,3-7H2,1-2H3,(H,14,15). The second-order valence-electron chi connectivity index (χ2n) is 3.67. The van der Waals surface area contributed by atoms with E-state index >= 15 is 0 Å². The van der Waals surface area contributed by atoms with Crippen LogP contribution in [0.4, 0.5) is 5.82 Å². The quantitative estimate of drug-likeness (QED) is 0.522. The van der Waals surface area contributed by atoms with Gasteiger partial charge in [0.25, 0.3) is 0 Å². The van der Waals surface area contributed by atoms with Crippen LogP contribution in [0.15, 0.2) is 12.4 Å². The van der Waals surface area contributed by atoms with Gasteiger partial charge >= 0.3 is 5.97 Å². The molecule has 0 bridgehead atoms. The minimum absolute atomic E-state index is 0.184. The first-order valence-electron chi connectivity index (χ1n) is 5.99. The molecule has 0 atom stereocenters. The number of carbonyl (C=O) groups excluding carboxylic acids is 1. The van der Waals surface area contributed by atoms with Crippen LogP contribution in [0, 0.1) is 0 Å². The van der Waals surface area contributed by atoms with Gasteiger partial charge in [-0.1, -0.05) is 0 Å². The van der Waals surface area contributed by atoms with E-state index in [1.807, 2.05) is 0 Å². The summed E-state index contributed by atoms with van der Waals surface area (Å²) in [6.45, 7) is 2.51. The van der Waals surface area contributed by atoms with Crippen LogP contribution in [-0.2, 0) is 14.2 Å². The average Bonchev–Trinajstić information content (AvgIpc) is 2.46. The highest BCUT2D eigenvalue weighted by molar-refractivity contribution is 5.87. The molecule has 106 valence electrons. The number of carbonyl (C=O) groups is 1. The fourth-order valence-corrected chi connectivity index (χ4v) is 1.29. The number of nitrogens with one attached hydrogen (secondary N) is 1. The molecule has 1 N–H and O–H groups in total. The molecule has 0 aliphatic rings. The molecule has 0 saturated heterocycles. The van der Waals surface area contributed by atoms with Crippen molar-refractivity contribution in [3.63, 3.8) is 0 Å². The van der Waals surface area contributed by atoms with Crippen LogP contribution in [-0.4, -0.2) is 56.5 Å². The lowest BCUT2D eigenvalue weighted by atomic mass is 10.4. The monoisotopic (exact) mass is 269 g/mol. The van der Waals surface area contributed by atoms with Gasteiger partial charge in [-0.3, -0.25) is 4.98 Å². The Kier molecular flexibility index (Phi) is 7.45. The lowest BCUT2D eigenvalue weighted by Crippen LogP contribution is -2.11. The molecule has 1 rings (SSSR count). The average molecular weight is 269 g/mol. The van der Waals surface area contributed by atoms with E-state index in [2.05, 4.69) is 20.0 Å². The Hall–Kier alpha value is -1.73. The molecule has 0 aliphatic carbocycles. The van der Waals surface area contributed by atoms with E-state index in [0.29, 0.717) is 32.2 Å². The zero-order chi connectivity index (χ0) is 13.9. The maximum absolute atomic E-state index is 11.3. The summed E-state index contributed by atoms with van der Waals surface area (Å²) in [5.74, 6) is 0.0406. The molecular weight excluding hydrogens is 250 g/mol. The summed E-state index contributed by atoms with van der Waals surface area (Å²) in [5, 5.41) is 3.06. The zero-order valence-electron chi connectivity index (χ0n) is 11.2. The van der Waals surface area contributed by atoms with Crippen LogP contribution in [0.1, 0.15) is 16.9 Å². The molecule has 0 amide bonds. The molecule has 7 nitrogen and oxygen atoms in total. The molecule has 0 aromatic carbocycles. The van der Waals surface area contributed by atoms with Crippen molar-refractivity contribution in [1.82, 2.24) is 9.97 Å². The first kappa shape index (κ1) is 15.3. The van der Waals surface area contributed by atoms with E-state index in [9.17, 15) is 4.79 Å². The molecule has 0 spiro atoms. The number of anilines is 1. The normalized spacial score (nSPS) is 10.2.